The molecule has 5 aromatic rings. The molecule has 2 aromatic heterocycles. The maximum Gasteiger partial charge on any atom is 0.165 e. The van der Waals surface area contributed by atoms with Crippen molar-refractivity contribution in [2.45, 2.75) is 0 Å². The second kappa shape index (κ2) is 6.62. The zero-order chi connectivity index (χ0) is 20.8. The van der Waals surface area contributed by atoms with Crippen molar-refractivity contribution in [3.63, 3.8) is 0 Å². The average molecular weight is 418 g/mol. The SMILES string of the molecule is N#CC(C#N)=c1nc2cc3ccc4c(ccc5nc(=C(C#N)C#N)sc54)c3cc2s1. The lowest BCUT2D eigenvalue weighted by Crippen LogP contribution is -2.00. The molecule has 0 radical (unpaired) electrons. The van der Waals surface area contributed by atoms with Gasteiger partial charge >= 0.3 is 0 Å². The van der Waals surface area contributed by atoms with Gasteiger partial charge in [-0.3, -0.25) is 0 Å². The summed E-state index contributed by atoms with van der Waals surface area (Å²) in [4.78, 5) is 8.88. The van der Waals surface area contributed by atoms with E-state index in [1.54, 1.807) is 0 Å². The third-order valence-corrected chi connectivity index (χ3v) is 6.91. The van der Waals surface area contributed by atoms with Crippen LogP contribution in [0.25, 0.3) is 53.1 Å². The quantitative estimate of drug-likeness (QED) is 0.354. The molecule has 8 heteroatoms. The fourth-order valence-electron chi connectivity index (χ4n) is 3.40. The summed E-state index contributed by atoms with van der Waals surface area (Å²) in [5, 5.41) is 40.6. The van der Waals surface area contributed by atoms with Gasteiger partial charge in [0, 0.05) is 5.39 Å². The molecule has 0 spiro atoms. The Labute approximate surface area is 176 Å². The summed E-state index contributed by atoms with van der Waals surface area (Å²) in [6, 6.07) is 19.4. The van der Waals surface area contributed by atoms with Crippen molar-refractivity contribution in [2.24, 2.45) is 0 Å². The molecule has 0 aliphatic heterocycles. The lowest BCUT2D eigenvalue weighted by Gasteiger charge is -2.04. The minimum Gasteiger partial charge on any atom is -0.234 e. The number of fused-ring (bicyclic) bond motifs is 6. The van der Waals surface area contributed by atoms with Crippen LogP contribution in [0.3, 0.4) is 0 Å². The molecule has 2 heterocycles. The number of nitrogens with zero attached hydrogens (tertiary/aromatic N) is 6. The van der Waals surface area contributed by atoms with Crippen molar-refractivity contribution in [3.8, 4) is 24.3 Å². The van der Waals surface area contributed by atoms with E-state index in [9.17, 15) is 0 Å². The zero-order valence-electron chi connectivity index (χ0n) is 15.0. The summed E-state index contributed by atoms with van der Waals surface area (Å²) in [7, 11) is 0. The molecule has 0 aliphatic carbocycles. The number of thiazole rings is 2. The van der Waals surface area contributed by atoms with Gasteiger partial charge in [-0.25, -0.2) is 9.97 Å². The van der Waals surface area contributed by atoms with E-state index in [-0.39, 0.29) is 11.1 Å². The first-order valence-electron chi connectivity index (χ1n) is 8.58. The summed E-state index contributed by atoms with van der Waals surface area (Å²) in [6.45, 7) is 0. The topological polar surface area (TPSA) is 121 Å². The van der Waals surface area contributed by atoms with Gasteiger partial charge in [0.2, 0.25) is 0 Å². The van der Waals surface area contributed by atoms with Crippen LogP contribution in [0.15, 0.2) is 36.4 Å². The van der Waals surface area contributed by atoms with E-state index in [4.69, 9.17) is 21.0 Å². The molecule has 0 amide bonds. The van der Waals surface area contributed by atoms with Gasteiger partial charge in [-0.05, 0) is 34.4 Å². The van der Waals surface area contributed by atoms with Gasteiger partial charge in [0.15, 0.2) is 11.1 Å². The molecule has 6 nitrogen and oxygen atoms in total. The first-order chi connectivity index (χ1) is 14.7. The number of aromatic nitrogens is 2. The van der Waals surface area contributed by atoms with Crippen LogP contribution in [0, 0.1) is 45.3 Å². The normalized spacial score (nSPS) is 10.5. The molecule has 30 heavy (non-hydrogen) atoms. The third kappa shape index (κ3) is 2.50. The van der Waals surface area contributed by atoms with Crippen LogP contribution in [0.4, 0.5) is 0 Å². The minimum absolute atomic E-state index is 0.00560. The Bertz CT molecular complexity index is 1810. The van der Waals surface area contributed by atoms with E-state index in [0.717, 1.165) is 42.0 Å². The van der Waals surface area contributed by atoms with Gasteiger partial charge < -0.3 is 0 Å². The van der Waals surface area contributed by atoms with E-state index >= 15 is 0 Å². The van der Waals surface area contributed by atoms with Gasteiger partial charge in [0.25, 0.3) is 0 Å². The summed E-state index contributed by atoms with van der Waals surface area (Å²) >= 11 is 2.65. The number of nitriles is 4. The van der Waals surface area contributed by atoms with Gasteiger partial charge in [0.05, 0.1) is 20.4 Å². The fraction of sp³-hybridized carbons (Fsp3) is 0. The predicted octanol–water partition coefficient (Wildman–Crippen LogP) is 3.61. The van der Waals surface area contributed by atoms with Crippen LogP contribution < -0.4 is 9.33 Å². The van der Waals surface area contributed by atoms with Crippen molar-refractivity contribution in [2.75, 3.05) is 0 Å². The number of hydrogen-bond donors (Lipinski definition) is 0. The Hall–Kier alpha value is -4.34. The van der Waals surface area contributed by atoms with Gasteiger partial charge in [0.1, 0.15) is 33.6 Å². The predicted molar refractivity (Wildman–Crippen MR) is 116 cm³/mol. The highest BCUT2D eigenvalue weighted by molar-refractivity contribution is 7.18. The van der Waals surface area contributed by atoms with Crippen LogP contribution in [-0.4, -0.2) is 9.97 Å². The molecular formula is C22H6N6S2. The first-order valence-corrected chi connectivity index (χ1v) is 10.2. The maximum atomic E-state index is 9.15. The number of benzene rings is 3. The van der Waals surface area contributed by atoms with Gasteiger partial charge in [-0.1, -0.05) is 18.2 Å². The molecule has 0 atom stereocenters. The van der Waals surface area contributed by atoms with Crippen molar-refractivity contribution >= 4 is 75.8 Å². The van der Waals surface area contributed by atoms with Crippen LogP contribution in [0.5, 0.6) is 0 Å². The molecule has 0 N–H and O–H groups in total. The maximum absolute atomic E-state index is 9.15. The smallest absolute Gasteiger partial charge is 0.165 e. The molecule has 0 aliphatic rings. The van der Waals surface area contributed by atoms with E-state index in [0.29, 0.717) is 9.33 Å². The molecule has 0 saturated carbocycles. The molecule has 0 fully saturated rings. The Morgan fingerprint density at radius 1 is 0.667 bits per heavy atom. The fourth-order valence-corrected chi connectivity index (χ4v) is 5.37. The Balaban J connectivity index is 1.89. The van der Waals surface area contributed by atoms with Gasteiger partial charge in [-0.15, -0.1) is 22.7 Å². The van der Waals surface area contributed by atoms with Crippen molar-refractivity contribution in [3.05, 3.63) is 45.7 Å². The van der Waals surface area contributed by atoms with E-state index in [1.807, 2.05) is 60.7 Å². The first kappa shape index (κ1) is 17.7. The Kier molecular flexibility index (Phi) is 3.91. The van der Waals surface area contributed by atoms with E-state index in [2.05, 4.69) is 9.97 Å². The van der Waals surface area contributed by atoms with Crippen molar-refractivity contribution < 1.29 is 0 Å². The highest BCUT2D eigenvalue weighted by Gasteiger charge is 2.11. The molecular weight excluding hydrogens is 412 g/mol. The molecule has 3 aromatic carbocycles. The van der Waals surface area contributed by atoms with Crippen molar-refractivity contribution in [1.82, 2.24) is 9.97 Å². The lowest BCUT2D eigenvalue weighted by atomic mass is 10.0. The molecule has 0 saturated heterocycles. The average Bonchev–Trinajstić information content (AvgIpc) is 3.37. The molecule has 5 rings (SSSR count). The van der Waals surface area contributed by atoms with Crippen LogP contribution in [0.2, 0.25) is 0 Å². The van der Waals surface area contributed by atoms with E-state index in [1.165, 1.54) is 22.7 Å². The largest absolute Gasteiger partial charge is 0.234 e. The molecule has 0 unspecified atom stereocenters. The standard InChI is InChI=1S/C22H6N6S2/c23-7-12(8-24)21-28-18-5-11-1-2-15-14(16(11)6-19(18)29-21)3-4-17-20(15)30-22(27-17)13(9-25)10-26/h1-6H. The third-order valence-electron chi connectivity index (χ3n) is 4.75. The summed E-state index contributed by atoms with van der Waals surface area (Å²) in [5.41, 5.74) is 1.50. The zero-order valence-corrected chi connectivity index (χ0v) is 16.6. The monoisotopic (exact) mass is 418 g/mol. The lowest BCUT2D eigenvalue weighted by molar-refractivity contribution is 1.40. The van der Waals surface area contributed by atoms with E-state index < -0.39 is 0 Å². The van der Waals surface area contributed by atoms with Gasteiger partial charge in [-0.2, -0.15) is 21.0 Å². The second-order valence-corrected chi connectivity index (χ2v) is 8.38. The highest BCUT2D eigenvalue weighted by Crippen LogP contribution is 2.34. The second-order valence-electron chi connectivity index (χ2n) is 6.35. The summed E-state index contributed by atoms with van der Waals surface area (Å²) in [6.07, 6.45) is 0. The Morgan fingerprint density at radius 2 is 1.30 bits per heavy atom. The Morgan fingerprint density at radius 3 is 2.00 bits per heavy atom. The number of rotatable bonds is 0. The van der Waals surface area contributed by atoms with Crippen LogP contribution >= 0.6 is 22.7 Å². The molecule has 136 valence electrons. The van der Waals surface area contributed by atoms with Crippen LogP contribution in [-0.2, 0) is 0 Å². The van der Waals surface area contributed by atoms with Crippen LogP contribution in [0.1, 0.15) is 0 Å². The van der Waals surface area contributed by atoms with Crippen molar-refractivity contribution in [1.29, 1.82) is 21.0 Å². The molecule has 0 bridgehead atoms. The summed E-state index contributed by atoms with van der Waals surface area (Å²) in [5.74, 6) is 0. The minimum atomic E-state index is 0.00560. The summed E-state index contributed by atoms with van der Waals surface area (Å²) < 4.78 is 2.64. The number of hydrogen-bond acceptors (Lipinski definition) is 8. The highest BCUT2D eigenvalue weighted by atomic mass is 32.1.